The molecule has 0 aliphatic carbocycles. The van der Waals surface area contributed by atoms with Crippen LogP contribution in [0.5, 0.6) is 5.75 Å². The molecule has 0 aliphatic rings. The Kier molecular flexibility index (Phi) is 5.53. The number of rotatable bonds is 6. The normalized spacial score (nSPS) is 11.9. The minimum Gasteiger partial charge on any atom is -0.497 e. The van der Waals surface area contributed by atoms with Crippen LogP contribution in [-0.2, 0) is 9.53 Å². The standard InChI is InChI=1S/C14H20O3/c1-4-5-9-13(14(15)17-3)11-7-6-8-12(10-11)16-2/h6-8,10,13H,4-5,9H2,1-3H3. The van der Waals surface area contributed by atoms with Crippen LogP contribution in [0.15, 0.2) is 24.3 Å². The monoisotopic (exact) mass is 236 g/mol. The van der Waals surface area contributed by atoms with Gasteiger partial charge in [-0.2, -0.15) is 0 Å². The predicted molar refractivity (Wildman–Crippen MR) is 67.3 cm³/mol. The van der Waals surface area contributed by atoms with Gasteiger partial charge in [-0.1, -0.05) is 31.9 Å². The Morgan fingerprint density at radius 3 is 2.71 bits per heavy atom. The molecule has 0 saturated carbocycles. The van der Waals surface area contributed by atoms with E-state index < -0.39 is 0 Å². The maximum Gasteiger partial charge on any atom is 0.313 e. The van der Waals surface area contributed by atoms with E-state index in [1.54, 1.807) is 7.11 Å². The largest absolute Gasteiger partial charge is 0.497 e. The highest BCUT2D eigenvalue weighted by molar-refractivity contribution is 5.78. The average Bonchev–Trinajstić information content (AvgIpc) is 2.39. The summed E-state index contributed by atoms with van der Waals surface area (Å²) < 4.78 is 10.0. The highest BCUT2D eigenvalue weighted by Gasteiger charge is 2.20. The van der Waals surface area contributed by atoms with Gasteiger partial charge < -0.3 is 9.47 Å². The lowest BCUT2D eigenvalue weighted by molar-refractivity contribution is -0.142. The van der Waals surface area contributed by atoms with Crippen molar-refractivity contribution in [3.05, 3.63) is 29.8 Å². The van der Waals surface area contributed by atoms with Crippen molar-refractivity contribution in [1.29, 1.82) is 0 Å². The van der Waals surface area contributed by atoms with Gasteiger partial charge in [0.25, 0.3) is 0 Å². The molecular formula is C14H20O3. The second kappa shape index (κ2) is 6.94. The van der Waals surface area contributed by atoms with Crippen molar-refractivity contribution < 1.29 is 14.3 Å². The van der Waals surface area contributed by atoms with E-state index in [1.165, 1.54) is 7.11 Å². The maximum atomic E-state index is 11.8. The lowest BCUT2D eigenvalue weighted by atomic mass is 9.93. The summed E-state index contributed by atoms with van der Waals surface area (Å²) in [5, 5.41) is 0. The van der Waals surface area contributed by atoms with Crippen LogP contribution in [0.1, 0.15) is 37.7 Å². The van der Waals surface area contributed by atoms with Gasteiger partial charge in [0.05, 0.1) is 20.1 Å². The Morgan fingerprint density at radius 1 is 1.35 bits per heavy atom. The molecule has 94 valence electrons. The lowest BCUT2D eigenvalue weighted by Crippen LogP contribution is -2.14. The number of carbonyl (C=O) groups is 1. The number of hydrogen-bond donors (Lipinski definition) is 0. The van der Waals surface area contributed by atoms with Crippen LogP contribution in [0.2, 0.25) is 0 Å². The Labute approximate surface area is 103 Å². The van der Waals surface area contributed by atoms with Gasteiger partial charge >= 0.3 is 5.97 Å². The number of carbonyl (C=O) groups excluding carboxylic acids is 1. The number of esters is 1. The van der Waals surface area contributed by atoms with Gasteiger partial charge in [0.1, 0.15) is 5.75 Å². The summed E-state index contributed by atoms with van der Waals surface area (Å²) in [6.07, 6.45) is 2.89. The Balaban J connectivity index is 2.90. The zero-order chi connectivity index (χ0) is 12.7. The molecule has 0 fully saturated rings. The van der Waals surface area contributed by atoms with Crippen LogP contribution in [-0.4, -0.2) is 20.2 Å². The van der Waals surface area contributed by atoms with Crippen molar-refractivity contribution in [2.75, 3.05) is 14.2 Å². The molecule has 17 heavy (non-hydrogen) atoms. The van der Waals surface area contributed by atoms with E-state index in [1.807, 2.05) is 24.3 Å². The molecule has 3 nitrogen and oxygen atoms in total. The third-order valence-corrected chi connectivity index (χ3v) is 2.83. The minimum absolute atomic E-state index is 0.174. The number of unbranched alkanes of at least 4 members (excludes halogenated alkanes) is 1. The molecule has 0 heterocycles. The van der Waals surface area contributed by atoms with Gasteiger partial charge in [0.2, 0.25) is 0 Å². The van der Waals surface area contributed by atoms with Gasteiger partial charge in [-0.25, -0.2) is 0 Å². The smallest absolute Gasteiger partial charge is 0.313 e. The fourth-order valence-electron chi connectivity index (χ4n) is 1.83. The topological polar surface area (TPSA) is 35.5 Å². The lowest BCUT2D eigenvalue weighted by Gasteiger charge is -2.15. The highest BCUT2D eigenvalue weighted by Crippen LogP contribution is 2.26. The first kappa shape index (κ1) is 13.6. The van der Waals surface area contributed by atoms with Crippen LogP contribution in [0, 0.1) is 0 Å². The summed E-state index contributed by atoms with van der Waals surface area (Å²) in [5.41, 5.74) is 0.963. The molecule has 0 N–H and O–H groups in total. The highest BCUT2D eigenvalue weighted by atomic mass is 16.5. The molecule has 1 rings (SSSR count). The van der Waals surface area contributed by atoms with E-state index in [2.05, 4.69) is 6.92 Å². The zero-order valence-electron chi connectivity index (χ0n) is 10.7. The van der Waals surface area contributed by atoms with Gasteiger partial charge in [-0.3, -0.25) is 4.79 Å². The summed E-state index contributed by atoms with van der Waals surface area (Å²) in [6, 6.07) is 7.62. The molecule has 1 unspecified atom stereocenters. The van der Waals surface area contributed by atoms with Crippen molar-refractivity contribution in [2.24, 2.45) is 0 Å². The number of ether oxygens (including phenoxy) is 2. The van der Waals surface area contributed by atoms with Gasteiger partial charge in [0.15, 0.2) is 0 Å². The van der Waals surface area contributed by atoms with Crippen molar-refractivity contribution in [2.45, 2.75) is 32.1 Å². The molecule has 0 amide bonds. The third-order valence-electron chi connectivity index (χ3n) is 2.83. The van der Waals surface area contributed by atoms with Gasteiger partial charge in [-0.15, -0.1) is 0 Å². The maximum absolute atomic E-state index is 11.8. The Morgan fingerprint density at radius 2 is 2.12 bits per heavy atom. The van der Waals surface area contributed by atoms with Crippen LogP contribution >= 0.6 is 0 Å². The molecular weight excluding hydrogens is 216 g/mol. The first-order chi connectivity index (χ1) is 8.22. The number of methoxy groups -OCH3 is 2. The van der Waals surface area contributed by atoms with Gasteiger partial charge in [-0.05, 0) is 24.1 Å². The molecule has 1 aromatic rings. The van der Waals surface area contributed by atoms with Gasteiger partial charge in [0, 0.05) is 0 Å². The average molecular weight is 236 g/mol. The van der Waals surface area contributed by atoms with Crippen molar-refractivity contribution in [3.8, 4) is 5.75 Å². The summed E-state index contributed by atoms with van der Waals surface area (Å²) in [5.74, 6) is 0.412. The second-order valence-electron chi connectivity index (χ2n) is 3.99. The minimum atomic E-state index is -0.185. The van der Waals surface area contributed by atoms with Crippen molar-refractivity contribution in [3.63, 3.8) is 0 Å². The number of hydrogen-bond acceptors (Lipinski definition) is 3. The molecule has 1 aromatic carbocycles. The quantitative estimate of drug-likeness (QED) is 0.712. The molecule has 0 aromatic heterocycles. The third kappa shape index (κ3) is 3.77. The summed E-state index contributed by atoms with van der Waals surface area (Å²) in [7, 11) is 3.06. The van der Waals surface area contributed by atoms with Crippen LogP contribution < -0.4 is 4.74 Å². The molecule has 0 bridgehead atoms. The molecule has 0 spiro atoms. The van der Waals surface area contributed by atoms with E-state index in [4.69, 9.17) is 9.47 Å². The van der Waals surface area contributed by atoms with E-state index in [0.29, 0.717) is 0 Å². The molecule has 3 heteroatoms. The van der Waals surface area contributed by atoms with E-state index in [9.17, 15) is 4.79 Å². The number of benzene rings is 1. The molecule has 1 atom stereocenters. The van der Waals surface area contributed by atoms with Crippen molar-refractivity contribution in [1.82, 2.24) is 0 Å². The summed E-state index contributed by atoms with van der Waals surface area (Å²) in [6.45, 7) is 2.11. The Hall–Kier alpha value is -1.51. The van der Waals surface area contributed by atoms with E-state index >= 15 is 0 Å². The molecule has 0 aliphatic heterocycles. The fraction of sp³-hybridized carbons (Fsp3) is 0.500. The zero-order valence-corrected chi connectivity index (χ0v) is 10.7. The fourth-order valence-corrected chi connectivity index (χ4v) is 1.83. The Bertz CT molecular complexity index is 360. The van der Waals surface area contributed by atoms with Crippen LogP contribution in [0.25, 0.3) is 0 Å². The first-order valence-corrected chi connectivity index (χ1v) is 5.94. The predicted octanol–water partition coefficient (Wildman–Crippen LogP) is 3.14. The summed E-state index contributed by atoms with van der Waals surface area (Å²) >= 11 is 0. The van der Waals surface area contributed by atoms with E-state index in [-0.39, 0.29) is 11.9 Å². The van der Waals surface area contributed by atoms with Crippen LogP contribution in [0.3, 0.4) is 0 Å². The molecule has 0 saturated heterocycles. The SMILES string of the molecule is CCCCC(C(=O)OC)c1cccc(OC)c1. The molecule has 0 radical (unpaired) electrons. The summed E-state index contributed by atoms with van der Waals surface area (Å²) in [4.78, 5) is 11.8. The second-order valence-corrected chi connectivity index (χ2v) is 3.99. The van der Waals surface area contributed by atoms with Crippen LogP contribution in [0.4, 0.5) is 0 Å². The first-order valence-electron chi connectivity index (χ1n) is 5.94. The van der Waals surface area contributed by atoms with E-state index in [0.717, 1.165) is 30.6 Å². The van der Waals surface area contributed by atoms with Crippen molar-refractivity contribution >= 4 is 5.97 Å².